The summed E-state index contributed by atoms with van der Waals surface area (Å²) in [5.74, 6) is 0.0742. The Morgan fingerprint density at radius 2 is 1.91 bits per heavy atom. The number of furan rings is 1. The number of amidine groups is 2. The van der Waals surface area contributed by atoms with Crippen molar-refractivity contribution in [3.63, 3.8) is 0 Å². The summed E-state index contributed by atoms with van der Waals surface area (Å²) in [4.78, 5) is 17.1. The highest BCUT2D eigenvalue weighted by atomic mass is 35.5. The number of benzene rings is 2. The van der Waals surface area contributed by atoms with Crippen LogP contribution in [-0.2, 0) is 11.3 Å². The smallest absolute Gasteiger partial charge is 0.283 e. The highest BCUT2D eigenvalue weighted by Gasteiger charge is 2.36. The summed E-state index contributed by atoms with van der Waals surface area (Å²) in [6, 6.07) is 19.2. The molecule has 1 N–H and O–H groups in total. The van der Waals surface area contributed by atoms with Crippen LogP contribution in [0, 0.1) is 5.41 Å². The number of rotatable bonds is 4. The molecule has 2 aromatic carbocycles. The van der Waals surface area contributed by atoms with E-state index in [0.717, 1.165) is 22.0 Å². The van der Waals surface area contributed by atoms with Crippen LogP contribution >= 0.6 is 23.4 Å². The molecule has 2 aliphatic heterocycles. The van der Waals surface area contributed by atoms with E-state index in [0.29, 0.717) is 27.5 Å². The van der Waals surface area contributed by atoms with Gasteiger partial charge < -0.3 is 8.98 Å². The van der Waals surface area contributed by atoms with Crippen LogP contribution in [0.1, 0.15) is 16.9 Å². The number of halogens is 1. The minimum Gasteiger partial charge on any atom is -0.462 e. The molecule has 0 radical (unpaired) electrons. The number of aromatic nitrogens is 1. The van der Waals surface area contributed by atoms with Crippen LogP contribution in [0.15, 0.2) is 93.2 Å². The number of amides is 1. The second kappa shape index (κ2) is 8.16. The number of para-hydroxylation sites is 1. The molecule has 1 amide bonds. The molecule has 6 rings (SSSR count). The van der Waals surface area contributed by atoms with Gasteiger partial charge in [-0.2, -0.15) is 15.1 Å². The monoisotopic (exact) mass is 485 g/mol. The van der Waals surface area contributed by atoms with E-state index in [1.807, 2.05) is 54.7 Å². The number of fused-ring (bicyclic) bond motifs is 2. The number of carbonyl (C=O) groups excluding carboxylic acids is 1. The molecular weight excluding hydrogens is 470 g/mol. The van der Waals surface area contributed by atoms with Gasteiger partial charge in [-0.25, -0.2) is 0 Å². The highest BCUT2D eigenvalue weighted by Crippen LogP contribution is 2.32. The fourth-order valence-corrected chi connectivity index (χ4v) is 5.03. The lowest BCUT2D eigenvalue weighted by Crippen LogP contribution is -2.35. The molecule has 4 aromatic rings. The second-order valence-corrected chi connectivity index (χ2v) is 9.09. The van der Waals surface area contributed by atoms with Crippen molar-refractivity contribution < 1.29 is 9.21 Å². The maximum atomic E-state index is 12.9. The Morgan fingerprint density at radius 1 is 1.09 bits per heavy atom. The lowest BCUT2D eigenvalue weighted by atomic mass is 10.1. The molecule has 0 unspecified atom stereocenters. The molecule has 4 heterocycles. The third-order valence-corrected chi connectivity index (χ3v) is 6.90. The summed E-state index contributed by atoms with van der Waals surface area (Å²) in [5.41, 5.74) is 2.99. The van der Waals surface area contributed by atoms with Gasteiger partial charge in [-0.1, -0.05) is 48.0 Å². The Balaban J connectivity index is 1.40. The molecule has 0 saturated carbocycles. The zero-order chi connectivity index (χ0) is 23.2. The minimum atomic E-state index is -0.470. The summed E-state index contributed by atoms with van der Waals surface area (Å²) in [6.07, 6.45) is 5.23. The van der Waals surface area contributed by atoms with Crippen LogP contribution in [0.3, 0.4) is 0 Å². The van der Waals surface area contributed by atoms with Gasteiger partial charge in [0, 0.05) is 34.2 Å². The molecular formula is C25H16ClN5O2S. The van der Waals surface area contributed by atoms with Crippen LogP contribution in [0.4, 0.5) is 0 Å². The number of hydrazone groups is 1. The average Bonchev–Trinajstić information content (AvgIpc) is 3.58. The summed E-state index contributed by atoms with van der Waals surface area (Å²) < 4.78 is 7.49. The van der Waals surface area contributed by atoms with E-state index in [1.165, 1.54) is 16.8 Å². The molecule has 9 heteroatoms. The topological polar surface area (TPSA) is 86.9 Å². The van der Waals surface area contributed by atoms with Gasteiger partial charge in [0.05, 0.1) is 11.8 Å². The van der Waals surface area contributed by atoms with Crippen LogP contribution in [0.2, 0.25) is 5.02 Å². The van der Waals surface area contributed by atoms with Crippen LogP contribution in [0.25, 0.3) is 17.0 Å². The average molecular weight is 486 g/mol. The largest absolute Gasteiger partial charge is 0.462 e. The molecule has 7 nitrogen and oxygen atoms in total. The van der Waals surface area contributed by atoms with E-state index >= 15 is 0 Å². The number of carbonyl (C=O) groups is 1. The molecule has 0 atom stereocenters. The lowest BCUT2D eigenvalue weighted by Gasteiger charge is -2.20. The minimum absolute atomic E-state index is 0.0213. The molecule has 0 bridgehead atoms. The van der Waals surface area contributed by atoms with Gasteiger partial charge in [0.2, 0.25) is 5.17 Å². The first-order valence-electron chi connectivity index (χ1n) is 10.4. The van der Waals surface area contributed by atoms with Crippen molar-refractivity contribution >= 4 is 62.3 Å². The lowest BCUT2D eigenvalue weighted by molar-refractivity contribution is -0.114. The first-order chi connectivity index (χ1) is 16.6. The van der Waals surface area contributed by atoms with Gasteiger partial charge in [0.25, 0.3) is 5.91 Å². The van der Waals surface area contributed by atoms with Crippen molar-refractivity contribution in [3.05, 3.63) is 101 Å². The first-order valence-corrected chi connectivity index (χ1v) is 11.6. The van der Waals surface area contributed by atoms with E-state index in [4.69, 9.17) is 21.4 Å². The Bertz CT molecular complexity index is 1570. The highest BCUT2D eigenvalue weighted by molar-refractivity contribution is 8.27. The SMILES string of the molecule is N=C1/C(=C/c2cn(Cc3ccccc3Cl)c3ccccc23)C(=O)N=C2SC(c3ccco3)=NN12. The van der Waals surface area contributed by atoms with Gasteiger partial charge in [-0.15, -0.1) is 0 Å². The molecule has 0 aliphatic carbocycles. The summed E-state index contributed by atoms with van der Waals surface area (Å²) >= 11 is 7.59. The van der Waals surface area contributed by atoms with Gasteiger partial charge in [0.15, 0.2) is 16.6 Å². The Hall–Kier alpha value is -3.88. The van der Waals surface area contributed by atoms with E-state index < -0.39 is 5.91 Å². The summed E-state index contributed by atoms with van der Waals surface area (Å²) in [6.45, 7) is 0.580. The van der Waals surface area contributed by atoms with Crippen LogP contribution < -0.4 is 0 Å². The zero-order valence-electron chi connectivity index (χ0n) is 17.6. The Labute approximate surface area is 203 Å². The van der Waals surface area contributed by atoms with E-state index in [9.17, 15) is 4.79 Å². The Kier molecular flexibility index (Phi) is 4.97. The Morgan fingerprint density at radius 3 is 2.74 bits per heavy atom. The van der Waals surface area contributed by atoms with E-state index in [1.54, 1.807) is 24.5 Å². The standard InChI is InChI=1S/C25H16ClN5O2S/c26-19-8-3-1-6-15(19)13-30-14-16(17-7-2-4-9-20(17)30)12-18-22(27)31-25(28-23(18)32)34-24(29-31)21-10-5-11-33-21/h1-12,14,27H,13H2/b18-12-,27-22?. The quantitative estimate of drug-likeness (QED) is 0.381. The summed E-state index contributed by atoms with van der Waals surface area (Å²) in [7, 11) is 0. The van der Waals surface area contributed by atoms with E-state index in [-0.39, 0.29) is 11.4 Å². The van der Waals surface area contributed by atoms with Crippen LogP contribution in [-0.4, -0.2) is 31.5 Å². The molecule has 166 valence electrons. The van der Waals surface area contributed by atoms with Gasteiger partial charge >= 0.3 is 0 Å². The van der Waals surface area contributed by atoms with Crippen molar-refractivity contribution in [2.24, 2.45) is 10.1 Å². The third kappa shape index (κ3) is 3.48. The van der Waals surface area contributed by atoms with Crippen molar-refractivity contribution in [2.45, 2.75) is 6.54 Å². The predicted octanol–water partition coefficient (Wildman–Crippen LogP) is 5.60. The number of hydrogen-bond acceptors (Lipinski definition) is 5. The number of hydrogen-bond donors (Lipinski definition) is 1. The van der Waals surface area contributed by atoms with Crippen LogP contribution in [0.5, 0.6) is 0 Å². The third-order valence-electron chi connectivity index (χ3n) is 5.60. The molecule has 0 fully saturated rings. The van der Waals surface area contributed by atoms with Crippen molar-refractivity contribution in [3.8, 4) is 0 Å². The second-order valence-electron chi connectivity index (χ2n) is 7.72. The number of aliphatic imine (C=N–C) groups is 1. The number of nitrogens with one attached hydrogen (secondary N) is 1. The van der Waals surface area contributed by atoms with E-state index in [2.05, 4.69) is 14.7 Å². The molecule has 2 aliphatic rings. The number of nitrogens with zero attached hydrogens (tertiary/aromatic N) is 4. The van der Waals surface area contributed by atoms with Gasteiger partial charge in [0.1, 0.15) is 0 Å². The number of thioether (sulfide) groups is 1. The fraction of sp³-hybridized carbons (Fsp3) is 0.0400. The molecule has 0 saturated heterocycles. The fourth-order valence-electron chi connectivity index (χ4n) is 3.98. The maximum absolute atomic E-state index is 12.9. The predicted molar refractivity (Wildman–Crippen MR) is 135 cm³/mol. The molecule has 0 spiro atoms. The van der Waals surface area contributed by atoms with Gasteiger partial charge in [-0.3, -0.25) is 10.2 Å². The molecule has 34 heavy (non-hydrogen) atoms. The maximum Gasteiger partial charge on any atom is 0.283 e. The normalized spacial score (nSPS) is 16.9. The van der Waals surface area contributed by atoms with Crippen molar-refractivity contribution in [2.75, 3.05) is 0 Å². The zero-order valence-corrected chi connectivity index (χ0v) is 19.2. The van der Waals surface area contributed by atoms with Crippen molar-refractivity contribution in [1.29, 1.82) is 5.41 Å². The summed E-state index contributed by atoms with van der Waals surface area (Å²) in [5, 5.41) is 17.1. The molecule has 2 aromatic heterocycles. The van der Waals surface area contributed by atoms with Gasteiger partial charge in [-0.05, 0) is 47.7 Å². The first kappa shape index (κ1) is 20.7. The van der Waals surface area contributed by atoms with Crippen molar-refractivity contribution in [1.82, 2.24) is 9.58 Å².